The number of benzene rings is 2. The molecule has 6 heteroatoms. The summed E-state index contributed by atoms with van der Waals surface area (Å²) < 4.78 is 6.73. The zero-order valence-electron chi connectivity index (χ0n) is 13.9. The Labute approximate surface area is 162 Å². The van der Waals surface area contributed by atoms with Gasteiger partial charge in [0.1, 0.15) is 12.4 Å². The van der Waals surface area contributed by atoms with Crippen molar-refractivity contribution in [3.63, 3.8) is 0 Å². The highest BCUT2D eigenvalue weighted by atomic mass is 79.9. The molecule has 2 N–H and O–H groups in total. The third-order valence-corrected chi connectivity index (χ3v) is 5.00. The van der Waals surface area contributed by atoms with Gasteiger partial charge in [0.25, 0.3) is 5.91 Å². The normalized spacial score (nSPS) is 16.4. The average Bonchev–Trinajstić information content (AvgIpc) is 3.09. The van der Waals surface area contributed by atoms with E-state index in [0.717, 1.165) is 35.2 Å². The van der Waals surface area contributed by atoms with Gasteiger partial charge in [-0.3, -0.25) is 4.79 Å². The second-order valence-electron chi connectivity index (χ2n) is 5.95. The van der Waals surface area contributed by atoms with Crippen LogP contribution in [0.15, 0.2) is 53.0 Å². The molecule has 1 aliphatic rings. The molecule has 1 heterocycles. The Morgan fingerprint density at radius 1 is 1.20 bits per heavy atom. The molecule has 0 aromatic heterocycles. The smallest absolute Gasteiger partial charge is 0.254 e. The summed E-state index contributed by atoms with van der Waals surface area (Å²) >= 11 is 3.47. The van der Waals surface area contributed by atoms with Crippen molar-refractivity contribution in [1.29, 1.82) is 0 Å². The number of ether oxygens (including phenoxy) is 1. The van der Waals surface area contributed by atoms with E-state index in [1.165, 1.54) is 0 Å². The third kappa shape index (κ3) is 4.75. The maximum Gasteiger partial charge on any atom is 0.254 e. The molecule has 0 saturated carbocycles. The second kappa shape index (κ2) is 9.22. The third-order valence-electron chi connectivity index (χ3n) is 4.34. The molecule has 2 aromatic carbocycles. The minimum Gasteiger partial charge on any atom is -0.488 e. The van der Waals surface area contributed by atoms with Crippen molar-refractivity contribution in [2.75, 3.05) is 13.1 Å². The number of para-hydroxylation sites is 1. The predicted octanol–water partition coefficient (Wildman–Crippen LogP) is 4.01. The van der Waals surface area contributed by atoms with E-state index in [0.29, 0.717) is 18.7 Å². The lowest BCUT2D eigenvalue weighted by Gasteiger charge is -2.23. The minimum atomic E-state index is 0. The number of nitrogens with two attached hydrogens (primary N) is 1. The number of carbonyl (C=O) groups excluding carboxylic acids is 1. The van der Waals surface area contributed by atoms with Gasteiger partial charge >= 0.3 is 0 Å². The van der Waals surface area contributed by atoms with Crippen molar-refractivity contribution in [1.82, 2.24) is 4.90 Å². The summed E-state index contributed by atoms with van der Waals surface area (Å²) in [5.41, 5.74) is 7.49. The van der Waals surface area contributed by atoms with Crippen molar-refractivity contribution in [2.24, 2.45) is 5.73 Å². The molecule has 0 bridgehead atoms. The summed E-state index contributed by atoms with van der Waals surface area (Å²) in [6.07, 6.45) is 2.03. The lowest BCUT2D eigenvalue weighted by Crippen LogP contribution is -2.39. The lowest BCUT2D eigenvalue weighted by molar-refractivity contribution is 0.0741. The Balaban J connectivity index is 0.00000225. The van der Waals surface area contributed by atoms with E-state index in [4.69, 9.17) is 10.5 Å². The highest BCUT2D eigenvalue weighted by Gasteiger charge is 2.28. The molecule has 1 amide bonds. The Morgan fingerprint density at radius 3 is 2.60 bits per heavy atom. The van der Waals surface area contributed by atoms with Crippen LogP contribution >= 0.6 is 28.3 Å². The molecule has 4 nitrogen and oxygen atoms in total. The zero-order chi connectivity index (χ0) is 16.9. The molecule has 1 saturated heterocycles. The highest BCUT2D eigenvalue weighted by molar-refractivity contribution is 9.10. The van der Waals surface area contributed by atoms with Crippen LogP contribution in [0.2, 0.25) is 0 Å². The molecule has 1 fully saturated rings. The molecule has 0 spiro atoms. The van der Waals surface area contributed by atoms with Crippen LogP contribution in [-0.4, -0.2) is 29.9 Å². The fourth-order valence-electron chi connectivity index (χ4n) is 2.98. The summed E-state index contributed by atoms with van der Waals surface area (Å²) in [6, 6.07) is 15.5. The van der Waals surface area contributed by atoms with E-state index in [-0.39, 0.29) is 24.4 Å². The standard InChI is InChI=1S/C19H21BrN2O2.ClH/c20-17-5-1-2-6-18(17)24-13-14-7-9-15(10-8-14)19(23)22-11-3-4-16(22)12-21;/h1-2,5-10,16H,3-4,11-13,21H2;1H. The fourth-order valence-corrected chi connectivity index (χ4v) is 3.38. The molecule has 1 unspecified atom stereocenters. The molecule has 1 aliphatic heterocycles. The Bertz CT molecular complexity index is 709. The van der Waals surface area contributed by atoms with Gasteiger partial charge in [-0.2, -0.15) is 0 Å². The summed E-state index contributed by atoms with van der Waals surface area (Å²) in [6.45, 7) is 1.80. The zero-order valence-corrected chi connectivity index (χ0v) is 16.3. The molecule has 2 aromatic rings. The first-order valence-electron chi connectivity index (χ1n) is 8.16. The maximum absolute atomic E-state index is 12.6. The number of hydrogen-bond donors (Lipinski definition) is 1. The predicted molar refractivity (Wildman–Crippen MR) is 105 cm³/mol. The van der Waals surface area contributed by atoms with Crippen molar-refractivity contribution >= 4 is 34.2 Å². The lowest BCUT2D eigenvalue weighted by atomic mass is 10.1. The number of hydrogen-bond acceptors (Lipinski definition) is 3. The van der Waals surface area contributed by atoms with E-state index in [2.05, 4.69) is 15.9 Å². The van der Waals surface area contributed by atoms with Gasteiger partial charge in [-0.05, 0) is 58.6 Å². The van der Waals surface area contributed by atoms with E-state index < -0.39 is 0 Å². The fraction of sp³-hybridized carbons (Fsp3) is 0.316. The topological polar surface area (TPSA) is 55.6 Å². The van der Waals surface area contributed by atoms with Crippen LogP contribution < -0.4 is 10.5 Å². The summed E-state index contributed by atoms with van der Waals surface area (Å²) in [5, 5.41) is 0. The van der Waals surface area contributed by atoms with Crippen LogP contribution in [0.25, 0.3) is 0 Å². The van der Waals surface area contributed by atoms with Gasteiger partial charge in [0.05, 0.1) is 4.47 Å². The number of carbonyl (C=O) groups is 1. The SMILES string of the molecule is Cl.NCC1CCCN1C(=O)c1ccc(COc2ccccc2Br)cc1. The highest BCUT2D eigenvalue weighted by Crippen LogP contribution is 2.25. The van der Waals surface area contributed by atoms with Crippen LogP contribution in [0.1, 0.15) is 28.8 Å². The molecule has 134 valence electrons. The summed E-state index contributed by atoms with van der Waals surface area (Å²) in [5.74, 6) is 0.877. The van der Waals surface area contributed by atoms with Crippen LogP contribution in [0, 0.1) is 0 Å². The number of amides is 1. The van der Waals surface area contributed by atoms with Crippen molar-refractivity contribution < 1.29 is 9.53 Å². The van der Waals surface area contributed by atoms with E-state index >= 15 is 0 Å². The Morgan fingerprint density at radius 2 is 1.92 bits per heavy atom. The average molecular weight is 426 g/mol. The molecule has 0 aliphatic carbocycles. The van der Waals surface area contributed by atoms with Crippen molar-refractivity contribution in [3.8, 4) is 5.75 Å². The van der Waals surface area contributed by atoms with E-state index in [1.54, 1.807) is 0 Å². The van der Waals surface area contributed by atoms with E-state index in [9.17, 15) is 4.79 Å². The van der Waals surface area contributed by atoms with Gasteiger partial charge in [-0.25, -0.2) is 0 Å². The molecule has 3 rings (SSSR count). The molecule has 0 radical (unpaired) electrons. The first kappa shape index (κ1) is 19.8. The van der Waals surface area contributed by atoms with Crippen LogP contribution in [0.3, 0.4) is 0 Å². The van der Waals surface area contributed by atoms with Gasteiger partial charge in [0.2, 0.25) is 0 Å². The largest absolute Gasteiger partial charge is 0.488 e. The number of halogens is 2. The first-order chi connectivity index (χ1) is 11.7. The first-order valence-corrected chi connectivity index (χ1v) is 8.95. The molecular weight excluding hydrogens is 404 g/mol. The van der Waals surface area contributed by atoms with Crippen LogP contribution in [0.4, 0.5) is 0 Å². The Kier molecular flexibility index (Phi) is 7.29. The van der Waals surface area contributed by atoms with Gasteiger partial charge in [0, 0.05) is 24.7 Å². The number of rotatable bonds is 5. The van der Waals surface area contributed by atoms with Gasteiger partial charge < -0.3 is 15.4 Å². The van der Waals surface area contributed by atoms with E-state index in [1.807, 2.05) is 53.4 Å². The molecule has 25 heavy (non-hydrogen) atoms. The summed E-state index contributed by atoms with van der Waals surface area (Å²) in [7, 11) is 0. The summed E-state index contributed by atoms with van der Waals surface area (Å²) in [4.78, 5) is 14.5. The van der Waals surface area contributed by atoms with Gasteiger partial charge in [0.15, 0.2) is 0 Å². The van der Waals surface area contributed by atoms with Crippen LogP contribution in [-0.2, 0) is 6.61 Å². The maximum atomic E-state index is 12.6. The minimum absolute atomic E-state index is 0. The molecular formula is C19H22BrClN2O2. The number of nitrogens with zero attached hydrogens (tertiary/aromatic N) is 1. The van der Waals surface area contributed by atoms with Gasteiger partial charge in [-0.1, -0.05) is 24.3 Å². The Hall–Kier alpha value is -1.56. The van der Waals surface area contributed by atoms with Crippen molar-refractivity contribution in [2.45, 2.75) is 25.5 Å². The quantitative estimate of drug-likeness (QED) is 0.787. The van der Waals surface area contributed by atoms with Crippen LogP contribution in [0.5, 0.6) is 5.75 Å². The molecule has 1 atom stereocenters. The monoisotopic (exact) mass is 424 g/mol. The number of likely N-dealkylation sites (tertiary alicyclic amines) is 1. The van der Waals surface area contributed by atoms with Gasteiger partial charge in [-0.15, -0.1) is 12.4 Å². The second-order valence-corrected chi connectivity index (χ2v) is 6.80. The van der Waals surface area contributed by atoms with Crippen molar-refractivity contribution in [3.05, 3.63) is 64.1 Å².